The van der Waals surface area contributed by atoms with Crippen LogP contribution in [0.5, 0.6) is 0 Å². The van der Waals surface area contributed by atoms with Crippen LogP contribution < -0.4 is 0 Å². The summed E-state index contributed by atoms with van der Waals surface area (Å²) in [4.78, 5) is 26.4. The van der Waals surface area contributed by atoms with Gasteiger partial charge in [-0.1, -0.05) is 19.1 Å². The molecule has 0 aliphatic carbocycles. The first-order valence-corrected chi connectivity index (χ1v) is 6.30. The van der Waals surface area contributed by atoms with Gasteiger partial charge in [0, 0.05) is 6.42 Å². The van der Waals surface area contributed by atoms with Crippen molar-refractivity contribution in [3.05, 3.63) is 29.7 Å². The molecule has 2 aromatic rings. The van der Waals surface area contributed by atoms with Gasteiger partial charge in [-0.2, -0.15) is 0 Å². The summed E-state index contributed by atoms with van der Waals surface area (Å²) in [6.07, 6.45) is 0.527. The van der Waals surface area contributed by atoms with Gasteiger partial charge in [0.2, 0.25) is 5.89 Å². The van der Waals surface area contributed by atoms with Gasteiger partial charge in [-0.05, 0) is 18.1 Å². The number of nitrogens with zero attached hydrogens (tertiary/aromatic N) is 1. The van der Waals surface area contributed by atoms with E-state index in [0.717, 1.165) is 12.0 Å². The van der Waals surface area contributed by atoms with Crippen molar-refractivity contribution in [3.8, 4) is 0 Å². The molecule has 6 heteroatoms. The number of aromatic nitrogens is 1. The lowest BCUT2D eigenvalue weighted by Crippen LogP contribution is -2.14. The van der Waals surface area contributed by atoms with Crippen LogP contribution in [-0.2, 0) is 16.0 Å². The van der Waals surface area contributed by atoms with Gasteiger partial charge in [-0.25, -0.2) is 4.98 Å². The molecule has 0 saturated carbocycles. The Balaban J connectivity index is 2.49. The van der Waals surface area contributed by atoms with Crippen LogP contribution in [0.15, 0.2) is 22.6 Å². The molecule has 0 aliphatic heterocycles. The Kier molecular flexibility index (Phi) is 3.90. The van der Waals surface area contributed by atoms with Gasteiger partial charge < -0.3 is 9.52 Å². The number of carbonyl (C=O) groups is 2. The predicted octanol–water partition coefficient (Wildman–Crippen LogP) is 2.40. The fourth-order valence-electron chi connectivity index (χ4n) is 1.91. The monoisotopic (exact) mass is 279 g/mol. The maximum absolute atomic E-state index is 11.2. The normalized spacial score (nSPS) is 12.5. The summed E-state index contributed by atoms with van der Waals surface area (Å²) in [5, 5.41) is 8.63. The highest BCUT2D eigenvalue weighted by Crippen LogP contribution is 2.27. The highest BCUT2D eigenvalue weighted by molar-refractivity contribution is 7.96. The third-order valence-electron chi connectivity index (χ3n) is 2.87. The third kappa shape index (κ3) is 2.78. The van der Waals surface area contributed by atoms with Gasteiger partial charge in [-0.3, -0.25) is 9.59 Å². The molecule has 0 fully saturated rings. The number of para-hydroxylation sites is 1. The van der Waals surface area contributed by atoms with E-state index < -0.39 is 17.0 Å². The lowest BCUT2D eigenvalue weighted by Gasteiger charge is -2.04. The molecule has 2 rings (SSSR count). The Bertz CT molecular complexity index is 635. The van der Waals surface area contributed by atoms with Crippen LogP contribution in [0.3, 0.4) is 0 Å². The van der Waals surface area contributed by atoms with Gasteiger partial charge in [-0.15, -0.1) is 12.6 Å². The molecule has 100 valence electrons. The molecule has 1 heterocycles. The maximum Gasteiger partial charge on any atom is 0.316 e. The number of aliphatic carboxylic acids is 1. The van der Waals surface area contributed by atoms with Crippen LogP contribution in [0.2, 0.25) is 0 Å². The van der Waals surface area contributed by atoms with Crippen molar-refractivity contribution in [2.24, 2.45) is 0 Å². The second kappa shape index (κ2) is 5.44. The molecular weight excluding hydrogens is 266 g/mol. The van der Waals surface area contributed by atoms with Crippen LogP contribution in [0, 0.1) is 0 Å². The Morgan fingerprint density at radius 1 is 1.47 bits per heavy atom. The Labute approximate surface area is 115 Å². The molecule has 0 saturated heterocycles. The van der Waals surface area contributed by atoms with Crippen molar-refractivity contribution in [1.29, 1.82) is 0 Å². The average Bonchev–Trinajstić information content (AvgIpc) is 2.78. The molecular formula is C13H13NO4S. The minimum absolute atomic E-state index is 0.0470. The summed E-state index contributed by atoms with van der Waals surface area (Å²) >= 11 is 3.61. The Morgan fingerprint density at radius 3 is 2.79 bits per heavy atom. The number of hydrogen-bond acceptors (Lipinski definition) is 4. The van der Waals surface area contributed by atoms with E-state index in [1.165, 1.54) is 0 Å². The van der Waals surface area contributed by atoms with Crippen LogP contribution in [-0.4, -0.2) is 21.2 Å². The van der Waals surface area contributed by atoms with Gasteiger partial charge in [0.1, 0.15) is 11.4 Å². The molecule has 0 radical (unpaired) electrons. The van der Waals surface area contributed by atoms with E-state index in [9.17, 15) is 9.59 Å². The van der Waals surface area contributed by atoms with E-state index >= 15 is 0 Å². The quantitative estimate of drug-likeness (QED) is 0.821. The lowest BCUT2D eigenvalue weighted by atomic mass is 10.1. The largest absolute Gasteiger partial charge is 0.481 e. The molecule has 5 nitrogen and oxygen atoms in total. The second-order valence-electron chi connectivity index (χ2n) is 4.16. The molecule has 0 aliphatic rings. The first-order valence-electron chi connectivity index (χ1n) is 5.85. The minimum Gasteiger partial charge on any atom is -0.481 e. The Morgan fingerprint density at radius 2 is 2.21 bits per heavy atom. The van der Waals surface area contributed by atoms with Crippen molar-refractivity contribution in [2.45, 2.75) is 25.7 Å². The molecule has 1 aromatic heterocycles. The van der Waals surface area contributed by atoms with E-state index in [0.29, 0.717) is 11.1 Å². The number of oxazole rings is 1. The van der Waals surface area contributed by atoms with Crippen molar-refractivity contribution < 1.29 is 19.1 Å². The highest BCUT2D eigenvalue weighted by atomic mass is 32.1. The summed E-state index contributed by atoms with van der Waals surface area (Å²) in [5.74, 6) is -2.19. The van der Waals surface area contributed by atoms with E-state index in [-0.39, 0.29) is 12.3 Å². The summed E-state index contributed by atoms with van der Waals surface area (Å²) < 4.78 is 5.46. The van der Waals surface area contributed by atoms with E-state index in [1.54, 1.807) is 6.07 Å². The van der Waals surface area contributed by atoms with Crippen LogP contribution in [0.4, 0.5) is 0 Å². The number of carboxylic acid groups (broad SMARTS) is 1. The van der Waals surface area contributed by atoms with Crippen molar-refractivity contribution in [3.63, 3.8) is 0 Å². The minimum atomic E-state index is -1.15. The van der Waals surface area contributed by atoms with Crippen molar-refractivity contribution in [2.75, 3.05) is 0 Å². The number of carbonyl (C=O) groups excluding carboxylic acids is 1. The summed E-state index contributed by atoms with van der Waals surface area (Å²) in [6, 6.07) is 5.47. The summed E-state index contributed by atoms with van der Waals surface area (Å²) in [5.41, 5.74) is 2.17. The van der Waals surface area contributed by atoms with Crippen LogP contribution in [0.1, 0.15) is 30.7 Å². The number of aryl methyl sites for hydroxylation is 1. The molecule has 0 spiro atoms. The van der Waals surface area contributed by atoms with Crippen LogP contribution >= 0.6 is 12.6 Å². The maximum atomic E-state index is 11.2. The first kappa shape index (κ1) is 13.6. The molecule has 1 aromatic carbocycles. The molecule has 19 heavy (non-hydrogen) atoms. The second-order valence-corrected chi connectivity index (χ2v) is 4.66. The number of thiol groups is 1. The van der Waals surface area contributed by atoms with Gasteiger partial charge in [0.15, 0.2) is 10.7 Å². The molecule has 1 N–H and O–H groups in total. The number of hydrogen-bond donors (Lipinski definition) is 2. The van der Waals surface area contributed by atoms with E-state index in [4.69, 9.17) is 9.52 Å². The average molecular weight is 279 g/mol. The zero-order valence-corrected chi connectivity index (χ0v) is 11.2. The smallest absolute Gasteiger partial charge is 0.316 e. The van der Waals surface area contributed by atoms with Gasteiger partial charge in [0.05, 0.1) is 0 Å². The van der Waals surface area contributed by atoms with Crippen molar-refractivity contribution >= 4 is 34.8 Å². The molecule has 0 amide bonds. The fourth-order valence-corrected chi connectivity index (χ4v) is 2.09. The van der Waals surface area contributed by atoms with Gasteiger partial charge >= 0.3 is 5.97 Å². The topological polar surface area (TPSA) is 80.4 Å². The Hall–Kier alpha value is -1.82. The number of fused-ring (bicyclic) bond motifs is 1. The zero-order valence-electron chi connectivity index (χ0n) is 10.3. The van der Waals surface area contributed by atoms with Gasteiger partial charge in [0.25, 0.3) is 0 Å². The SMILES string of the molecule is CCc1cccc2oc(C(CC(=O)S)C(=O)O)nc12. The summed E-state index contributed by atoms with van der Waals surface area (Å²) in [6.45, 7) is 1.98. The lowest BCUT2D eigenvalue weighted by molar-refractivity contribution is -0.140. The summed E-state index contributed by atoms with van der Waals surface area (Å²) in [7, 11) is 0. The fraction of sp³-hybridized carbons (Fsp3) is 0.308. The third-order valence-corrected chi connectivity index (χ3v) is 3.06. The number of carboxylic acids is 1. The van der Waals surface area contributed by atoms with Crippen LogP contribution in [0.25, 0.3) is 11.1 Å². The number of benzene rings is 1. The molecule has 0 bridgehead atoms. The highest BCUT2D eigenvalue weighted by Gasteiger charge is 2.27. The molecule has 1 atom stereocenters. The van der Waals surface area contributed by atoms with E-state index in [1.807, 2.05) is 19.1 Å². The van der Waals surface area contributed by atoms with Crippen molar-refractivity contribution in [1.82, 2.24) is 4.98 Å². The molecule has 1 unspecified atom stereocenters. The first-order chi connectivity index (χ1) is 9.02. The van der Waals surface area contributed by atoms with E-state index in [2.05, 4.69) is 17.6 Å². The number of rotatable bonds is 5. The standard InChI is InChI=1S/C13H13NO4S/c1-2-7-4-3-5-9-11(7)14-12(18-9)8(13(16)17)6-10(15)19/h3-5,8H,2,6H2,1H3,(H,15,19)(H,16,17). The zero-order chi connectivity index (χ0) is 14.0. The predicted molar refractivity (Wildman–Crippen MR) is 72.4 cm³/mol.